The Morgan fingerprint density at radius 2 is 2.00 bits per heavy atom. The van der Waals surface area contributed by atoms with E-state index in [9.17, 15) is 9.90 Å². The minimum atomic E-state index is -1.14. The van der Waals surface area contributed by atoms with Gasteiger partial charge in [0, 0.05) is 6.42 Å². The minimum Gasteiger partial charge on any atom is -0.383 e. The van der Waals surface area contributed by atoms with Gasteiger partial charge in [0.15, 0.2) is 5.78 Å². The fourth-order valence-corrected chi connectivity index (χ4v) is 1.56. The normalized spacial score (nSPS) is 21.7. The number of carbonyl (C=O) groups is 1. The summed E-state index contributed by atoms with van der Waals surface area (Å²) in [5.41, 5.74) is -0.949. The van der Waals surface area contributed by atoms with Crippen LogP contribution in [0.25, 0.3) is 0 Å². The second-order valence-electron chi connectivity index (χ2n) is 4.82. The summed E-state index contributed by atoms with van der Waals surface area (Å²) in [7, 11) is 0. The molecule has 1 fully saturated rings. The first-order chi connectivity index (χ1) is 5.33. The Bertz CT molecular complexity index is 185. The van der Waals surface area contributed by atoms with Crippen molar-refractivity contribution in [1.82, 2.24) is 0 Å². The van der Waals surface area contributed by atoms with Gasteiger partial charge in [-0.2, -0.15) is 0 Å². The highest BCUT2D eigenvalue weighted by atomic mass is 16.3. The lowest BCUT2D eigenvalue weighted by Gasteiger charge is -2.39. The summed E-state index contributed by atoms with van der Waals surface area (Å²) in [6.07, 6.45) is 4.04. The molecule has 0 amide bonds. The molecule has 2 nitrogen and oxygen atoms in total. The van der Waals surface area contributed by atoms with Crippen molar-refractivity contribution in [1.29, 1.82) is 0 Å². The molecule has 0 aromatic heterocycles. The zero-order valence-electron chi connectivity index (χ0n) is 8.18. The first kappa shape index (κ1) is 9.72. The fraction of sp³-hybridized carbons (Fsp3) is 0.900. The van der Waals surface area contributed by atoms with E-state index >= 15 is 0 Å². The van der Waals surface area contributed by atoms with E-state index in [2.05, 4.69) is 6.92 Å². The standard InChI is InChI=1S/C10H18O2/c1-9(2,12)8(11)7-10(3)5-4-6-10/h12H,4-7H2,1-3H3. The van der Waals surface area contributed by atoms with Gasteiger partial charge in [0.2, 0.25) is 0 Å². The van der Waals surface area contributed by atoms with Gasteiger partial charge in [0.25, 0.3) is 0 Å². The van der Waals surface area contributed by atoms with Gasteiger partial charge in [-0.3, -0.25) is 4.79 Å². The summed E-state index contributed by atoms with van der Waals surface area (Å²) >= 11 is 0. The topological polar surface area (TPSA) is 37.3 Å². The van der Waals surface area contributed by atoms with Crippen LogP contribution in [0.5, 0.6) is 0 Å². The second-order valence-corrected chi connectivity index (χ2v) is 4.82. The largest absolute Gasteiger partial charge is 0.383 e. The third kappa shape index (κ3) is 2.07. The predicted molar refractivity (Wildman–Crippen MR) is 47.9 cm³/mol. The van der Waals surface area contributed by atoms with Crippen LogP contribution in [0.2, 0.25) is 0 Å². The third-order valence-electron chi connectivity index (χ3n) is 2.83. The van der Waals surface area contributed by atoms with Gasteiger partial charge in [-0.05, 0) is 32.1 Å². The first-order valence-electron chi connectivity index (χ1n) is 4.59. The monoisotopic (exact) mass is 170 g/mol. The van der Waals surface area contributed by atoms with Gasteiger partial charge in [-0.15, -0.1) is 0 Å². The quantitative estimate of drug-likeness (QED) is 0.702. The molecule has 70 valence electrons. The van der Waals surface area contributed by atoms with Crippen LogP contribution < -0.4 is 0 Å². The molecule has 0 saturated heterocycles. The Kier molecular flexibility index (Phi) is 2.30. The summed E-state index contributed by atoms with van der Waals surface area (Å²) < 4.78 is 0. The van der Waals surface area contributed by atoms with E-state index in [-0.39, 0.29) is 11.2 Å². The molecular weight excluding hydrogens is 152 g/mol. The maximum atomic E-state index is 11.4. The van der Waals surface area contributed by atoms with Gasteiger partial charge >= 0.3 is 0 Å². The van der Waals surface area contributed by atoms with Crippen LogP contribution in [-0.2, 0) is 4.79 Å². The van der Waals surface area contributed by atoms with E-state index in [0.29, 0.717) is 6.42 Å². The number of carbonyl (C=O) groups excluding carboxylic acids is 1. The minimum absolute atomic E-state index is 0.0234. The van der Waals surface area contributed by atoms with Crippen molar-refractivity contribution in [2.75, 3.05) is 0 Å². The van der Waals surface area contributed by atoms with Crippen LogP contribution in [0.4, 0.5) is 0 Å². The average Bonchev–Trinajstić information content (AvgIpc) is 1.82. The van der Waals surface area contributed by atoms with Crippen molar-refractivity contribution in [3.63, 3.8) is 0 Å². The van der Waals surface area contributed by atoms with Crippen molar-refractivity contribution in [2.24, 2.45) is 5.41 Å². The van der Waals surface area contributed by atoms with E-state index in [4.69, 9.17) is 0 Å². The molecule has 0 radical (unpaired) electrons. The molecule has 0 heterocycles. The van der Waals surface area contributed by atoms with Gasteiger partial charge in [0.1, 0.15) is 5.60 Å². The van der Waals surface area contributed by atoms with Crippen molar-refractivity contribution in [3.8, 4) is 0 Å². The van der Waals surface area contributed by atoms with E-state index in [1.807, 2.05) is 0 Å². The SMILES string of the molecule is CC1(CC(=O)C(C)(C)O)CCC1. The van der Waals surface area contributed by atoms with E-state index in [1.165, 1.54) is 6.42 Å². The number of rotatable bonds is 3. The smallest absolute Gasteiger partial charge is 0.164 e. The molecule has 2 heteroatoms. The summed E-state index contributed by atoms with van der Waals surface area (Å²) in [4.78, 5) is 11.4. The molecule has 1 aliphatic carbocycles. The molecule has 0 atom stereocenters. The second kappa shape index (κ2) is 2.84. The van der Waals surface area contributed by atoms with E-state index in [0.717, 1.165) is 12.8 Å². The van der Waals surface area contributed by atoms with E-state index < -0.39 is 5.60 Å². The van der Waals surface area contributed by atoms with Gasteiger partial charge in [0.05, 0.1) is 0 Å². The Morgan fingerprint density at radius 1 is 1.50 bits per heavy atom. The van der Waals surface area contributed by atoms with E-state index in [1.54, 1.807) is 13.8 Å². The zero-order chi connectivity index (χ0) is 9.41. The molecule has 0 unspecified atom stereocenters. The van der Waals surface area contributed by atoms with Crippen LogP contribution in [-0.4, -0.2) is 16.5 Å². The van der Waals surface area contributed by atoms with Crippen molar-refractivity contribution in [3.05, 3.63) is 0 Å². The number of aliphatic hydroxyl groups is 1. The van der Waals surface area contributed by atoms with Crippen molar-refractivity contribution < 1.29 is 9.90 Å². The van der Waals surface area contributed by atoms with Gasteiger partial charge in [-0.25, -0.2) is 0 Å². The van der Waals surface area contributed by atoms with Crippen LogP contribution in [0.3, 0.4) is 0 Å². The van der Waals surface area contributed by atoms with Gasteiger partial charge < -0.3 is 5.11 Å². The van der Waals surface area contributed by atoms with Crippen LogP contribution in [0.1, 0.15) is 46.5 Å². The lowest BCUT2D eigenvalue weighted by atomic mass is 9.66. The number of ketones is 1. The molecule has 1 saturated carbocycles. The Balaban J connectivity index is 2.46. The molecular formula is C10H18O2. The highest BCUT2D eigenvalue weighted by molar-refractivity contribution is 5.86. The molecule has 1 rings (SSSR count). The maximum absolute atomic E-state index is 11.4. The molecule has 1 N–H and O–H groups in total. The summed E-state index contributed by atoms with van der Waals surface area (Å²) in [6, 6.07) is 0. The molecule has 12 heavy (non-hydrogen) atoms. The number of hydrogen-bond donors (Lipinski definition) is 1. The highest BCUT2D eigenvalue weighted by Crippen LogP contribution is 2.44. The lowest BCUT2D eigenvalue weighted by molar-refractivity contribution is -0.137. The van der Waals surface area contributed by atoms with Crippen molar-refractivity contribution >= 4 is 5.78 Å². The highest BCUT2D eigenvalue weighted by Gasteiger charge is 2.37. The number of Topliss-reactive ketones (excluding diaryl/α,β-unsaturated/α-hetero) is 1. The van der Waals surface area contributed by atoms with Crippen molar-refractivity contribution in [2.45, 2.75) is 52.1 Å². The zero-order valence-corrected chi connectivity index (χ0v) is 8.18. The van der Waals surface area contributed by atoms with Crippen LogP contribution in [0, 0.1) is 5.41 Å². The Hall–Kier alpha value is -0.370. The Labute approximate surface area is 74.0 Å². The summed E-state index contributed by atoms with van der Waals surface area (Å²) in [5.74, 6) is -0.0234. The molecule has 0 spiro atoms. The third-order valence-corrected chi connectivity index (χ3v) is 2.83. The Morgan fingerprint density at radius 3 is 2.25 bits per heavy atom. The molecule has 0 aliphatic heterocycles. The molecule has 0 aromatic rings. The predicted octanol–water partition coefficient (Wildman–Crippen LogP) is 1.91. The average molecular weight is 170 g/mol. The summed E-state index contributed by atoms with van der Waals surface area (Å²) in [6.45, 7) is 5.26. The first-order valence-corrected chi connectivity index (χ1v) is 4.59. The summed E-state index contributed by atoms with van der Waals surface area (Å²) in [5, 5.41) is 9.42. The van der Waals surface area contributed by atoms with Crippen LogP contribution in [0.15, 0.2) is 0 Å². The van der Waals surface area contributed by atoms with Crippen LogP contribution >= 0.6 is 0 Å². The maximum Gasteiger partial charge on any atom is 0.164 e. The molecule has 0 aromatic carbocycles. The molecule has 1 aliphatic rings. The fourth-order valence-electron chi connectivity index (χ4n) is 1.56. The van der Waals surface area contributed by atoms with Gasteiger partial charge in [-0.1, -0.05) is 13.3 Å². The molecule has 0 bridgehead atoms. The number of hydrogen-bond acceptors (Lipinski definition) is 2. The lowest BCUT2D eigenvalue weighted by Crippen LogP contribution is -2.38.